The lowest BCUT2D eigenvalue weighted by Crippen LogP contribution is -2.39. The van der Waals surface area contributed by atoms with Gasteiger partial charge in [-0.25, -0.2) is 0 Å². The third-order valence-corrected chi connectivity index (χ3v) is 6.57. The molecule has 1 aromatic heterocycles. The van der Waals surface area contributed by atoms with Gasteiger partial charge in [0, 0.05) is 30.6 Å². The molecule has 1 aliphatic rings. The molecular weight excluding hydrogens is 462 g/mol. The Balaban J connectivity index is 1.65. The number of carbonyl (C=O) groups is 1. The highest BCUT2D eigenvalue weighted by Gasteiger charge is 2.32. The van der Waals surface area contributed by atoms with Crippen LogP contribution >= 0.6 is 0 Å². The van der Waals surface area contributed by atoms with Crippen molar-refractivity contribution in [2.24, 2.45) is 12.0 Å². The minimum Gasteiger partial charge on any atom is -0.383 e. The highest BCUT2D eigenvalue weighted by atomic mass is 32.2. The third-order valence-electron chi connectivity index (χ3n) is 6.07. The number of aliphatic imine (C=N–C) groups is 1. The van der Waals surface area contributed by atoms with Crippen LogP contribution in [0.1, 0.15) is 16.7 Å². The molecule has 0 aliphatic carbocycles. The molecule has 1 amide bonds. The molecule has 35 heavy (non-hydrogen) atoms. The largest absolute Gasteiger partial charge is 0.383 e. The van der Waals surface area contributed by atoms with Crippen LogP contribution in [0.4, 0.5) is 5.82 Å². The first kappa shape index (κ1) is 22.9. The van der Waals surface area contributed by atoms with Crippen molar-refractivity contribution in [2.75, 3.05) is 11.2 Å². The van der Waals surface area contributed by atoms with Gasteiger partial charge in [-0.3, -0.25) is 14.7 Å². The number of hydrogen-bond donors (Lipinski definition) is 0. The summed E-state index contributed by atoms with van der Waals surface area (Å²) >= 11 is 0. The maximum atomic E-state index is 13.9. The van der Waals surface area contributed by atoms with Crippen molar-refractivity contribution < 1.29 is 17.4 Å². The minimum atomic E-state index is -3.68. The number of fused-ring (bicyclic) bond motifs is 3. The van der Waals surface area contributed by atoms with E-state index in [1.807, 2.05) is 72.3 Å². The number of nitrogens with zero attached hydrogens (tertiary/aromatic N) is 3. The number of carbonyl (C=O) groups excluding carboxylic acids is 1. The molecule has 1 unspecified atom stereocenters. The first-order valence-electron chi connectivity index (χ1n) is 11.2. The Morgan fingerprint density at radius 2 is 1.60 bits per heavy atom. The van der Waals surface area contributed by atoms with Crippen LogP contribution in [0.15, 0.2) is 83.9 Å². The van der Waals surface area contributed by atoms with Crippen LogP contribution in [-0.4, -0.2) is 37.4 Å². The molecular formula is C27H25N3O4S. The standard InChI is InChI=1S/C27H25N3O4S/c1-29-25-14-13-21(34-35(2,32)33)16-22(25)23-17-28-24(15-19-9-5-3-6-10-19)27(31)30(26(23)29)18-20-11-7-4-8-12-20/h3-14,16-17,24H,15,18H2,1-2H3. The molecule has 178 valence electrons. The fourth-order valence-electron chi connectivity index (χ4n) is 4.53. The Morgan fingerprint density at radius 3 is 2.26 bits per heavy atom. The Labute approximate surface area is 204 Å². The van der Waals surface area contributed by atoms with Gasteiger partial charge in [-0.2, -0.15) is 8.42 Å². The van der Waals surface area contributed by atoms with Crippen LogP contribution < -0.4 is 9.08 Å². The zero-order chi connectivity index (χ0) is 24.6. The maximum absolute atomic E-state index is 13.9. The molecule has 7 nitrogen and oxygen atoms in total. The highest BCUT2D eigenvalue weighted by molar-refractivity contribution is 7.86. The zero-order valence-corrected chi connectivity index (χ0v) is 20.3. The monoisotopic (exact) mass is 487 g/mol. The summed E-state index contributed by atoms with van der Waals surface area (Å²) in [7, 11) is -1.78. The van der Waals surface area contributed by atoms with E-state index in [1.54, 1.807) is 29.3 Å². The van der Waals surface area contributed by atoms with Crippen molar-refractivity contribution in [1.29, 1.82) is 0 Å². The Hall–Kier alpha value is -3.91. The van der Waals surface area contributed by atoms with E-state index in [0.717, 1.165) is 33.8 Å². The first-order valence-corrected chi connectivity index (χ1v) is 13.1. The fourth-order valence-corrected chi connectivity index (χ4v) is 4.98. The number of hydrogen-bond acceptors (Lipinski definition) is 5. The number of amides is 1. The van der Waals surface area contributed by atoms with Crippen molar-refractivity contribution in [2.45, 2.75) is 19.0 Å². The summed E-state index contributed by atoms with van der Waals surface area (Å²) in [6, 6.07) is 24.2. The van der Waals surface area contributed by atoms with Crippen LogP contribution in [-0.2, 0) is 34.9 Å². The van der Waals surface area contributed by atoms with Crippen LogP contribution in [0.25, 0.3) is 10.9 Å². The quantitative estimate of drug-likeness (QED) is 0.384. The van der Waals surface area contributed by atoms with E-state index in [2.05, 4.69) is 0 Å². The second-order valence-corrected chi connectivity index (χ2v) is 10.2. The molecule has 5 rings (SSSR count). The average molecular weight is 488 g/mol. The van der Waals surface area contributed by atoms with Crippen LogP contribution in [0, 0.1) is 0 Å². The molecule has 0 bridgehead atoms. The molecule has 0 radical (unpaired) electrons. The van der Waals surface area contributed by atoms with E-state index < -0.39 is 16.2 Å². The van der Waals surface area contributed by atoms with Gasteiger partial charge in [-0.1, -0.05) is 60.7 Å². The van der Waals surface area contributed by atoms with Crippen molar-refractivity contribution in [3.63, 3.8) is 0 Å². The second kappa shape index (κ2) is 9.03. The first-order chi connectivity index (χ1) is 16.8. The van der Waals surface area contributed by atoms with Gasteiger partial charge in [0.05, 0.1) is 18.3 Å². The second-order valence-electron chi connectivity index (χ2n) is 8.66. The Kier molecular flexibility index (Phi) is 5.90. The zero-order valence-electron chi connectivity index (χ0n) is 19.5. The Morgan fingerprint density at radius 1 is 0.943 bits per heavy atom. The highest BCUT2D eigenvalue weighted by Crippen LogP contribution is 2.36. The molecule has 0 saturated heterocycles. The van der Waals surface area contributed by atoms with Gasteiger partial charge >= 0.3 is 10.1 Å². The van der Waals surface area contributed by atoms with Crippen molar-refractivity contribution in [3.05, 3.63) is 95.6 Å². The molecule has 8 heteroatoms. The fraction of sp³-hybridized carbons (Fsp3) is 0.185. The summed E-state index contributed by atoms with van der Waals surface area (Å²) in [5.41, 5.74) is 3.62. The predicted octanol–water partition coefficient (Wildman–Crippen LogP) is 4.09. The van der Waals surface area contributed by atoms with E-state index in [0.29, 0.717) is 18.8 Å². The molecule has 1 atom stereocenters. The maximum Gasteiger partial charge on any atom is 0.306 e. The lowest BCUT2D eigenvalue weighted by molar-refractivity contribution is -0.119. The number of benzene rings is 3. The number of aromatic nitrogens is 1. The van der Waals surface area contributed by atoms with Gasteiger partial charge in [0.25, 0.3) is 5.91 Å². The summed E-state index contributed by atoms with van der Waals surface area (Å²) in [6.45, 7) is 0.387. The SMILES string of the molecule is Cn1c2c(c3cc(OS(C)(=O)=O)ccc31)C=NC(Cc1ccccc1)C(=O)N2Cc1ccccc1. The molecule has 0 saturated carbocycles. The van der Waals surface area contributed by atoms with Crippen LogP contribution in [0.5, 0.6) is 5.75 Å². The lowest BCUT2D eigenvalue weighted by Gasteiger charge is -2.25. The molecule has 0 N–H and O–H groups in total. The van der Waals surface area contributed by atoms with E-state index in [4.69, 9.17) is 9.18 Å². The summed E-state index contributed by atoms with van der Waals surface area (Å²) in [4.78, 5) is 20.4. The number of anilines is 1. The van der Waals surface area contributed by atoms with Gasteiger partial charge in [-0.15, -0.1) is 0 Å². The molecule has 0 spiro atoms. The topological polar surface area (TPSA) is 81.0 Å². The van der Waals surface area contributed by atoms with Crippen molar-refractivity contribution in [1.82, 2.24) is 4.57 Å². The predicted molar refractivity (Wildman–Crippen MR) is 138 cm³/mol. The van der Waals surface area contributed by atoms with Gasteiger partial charge in [-0.05, 0) is 29.3 Å². The average Bonchev–Trinajstić information content (AvgIpc) is 3.02. The third kappa shape index (κ3) is 4.70. The van der Waals surface area contributed by atoms with Gasteiger partial charge < -0.3 is 8.75 Å². The van der Waals surface area contributed by atoms with Gasteiger partial charge in [0.1, 0.15) is 17.6 Å². The molecule has 3 aromatic carbocycles. The lowest BCUT2D eigenvalue weighted by atomic mass is 10.1. The van der Waals surface area contributed by atoms with Gasteiger partial charge in [0.2, 0.25) is 0 Å². The molecule has 4 aromatic rings. The van der Waals surface area contributed by atoms with Crippen molar-refractivity contribution >= 4 is 39.0 Å². The van der Waals surface area contributed by atoms with E-state index >= 15 is 0 Å². The summed E-state index contributed by atoms with van der Waals surface area (Å²) in [6.07, 6.45) is 3.23. The number of aryl methyl sites for hydroxylation is 1. The van der Waals surface area contributed by atoms with E-state index in [9.17, 15) is 13.2 Å². The smallest absolute Gasteiger partial charge is 0.306 e. The Bertz CT molecular complexity index is 1530. The molecule has 2 heterocycles. The van der Waals surface area contributed by atoms with Crippen molar-refractivity contribution in [3.8, 4) is 5.75 Å². The summed E-state index contributed by atoms with van der Waals surface area (Å²) in [5, 5.41) is 0.763. The normalized spacial score (nSPS) is 15.8. The van der Waals surface area contributed by atoms with Crippen LogP contribution in [0.3, 0.4) is 0 Å². The van der Waals surface area contributed by atoms with E-state index in [1.165, 1.54) is 0 Å². The molecule has 1 aliphatic heterocycles. The number of rotatable bonds is 6. The summed E-state index contributed by atoms with van der Waals surface area (Å²) < 4.78 is 30.5. The molecule has 0 fully saturated rings. The van der Waals surface area contributed by atoms with E-state index in [-0.39, 0.29) is 11.7 Å². The minimum absolute atomic E-state index is 0.0915. The summed E-state index contributed by atoms with van der Waals surface area (Å²) in [5.74, 6) is 0.837. The van der Waals surface area contributed by atoms with Crippen LogP contribution in [0.2, 0.25) is 0 Å². The van der Waals surface area contributed by atoms with Gasteiger partial charge in [0.15, 0.2) is 0 Å².